The van der Waals surface area contributed by atoms with Gasteiger partial charge >= 0.3 is 6.40 Å². The second kappa shape index (κ2) is 10.6. The number of allylic oxidation sites excluding steroid dienone is 1. The molecule has 0 spiro atoms. The van der Waals surface area contributed by atoms with Gasteiger partial charge in [0, 0.05) is 6.42 Å². The average Bonchev–Trinajstić information content (AvgIpc) is 3.09. The highest BCUT2D eigenvalue weighted by Gasteiger charge is 2.59. The summed E-state index contributed by atoms with van der Waals surface area (Å²) in [5.74, 6) is 5.53. The van der Waals surface area contributed by atoms with Crippen LogP contribution in [-0.4, -0.2) is 31.2 Å². The molecule has 0 aliphatic heterocycles. The molecule has 4 aliphatic carbocycles. The Morgan fingerprint density at radius 3 is 2.48 bits per heavy atom. The first-order valence-electron chi connectivity index (χ1n) is 14.0. The molecule has 0 aromatic carbocycles. The first-order valence-corrected chi connectivity index (χ1v) is 14.0. The molecule has 0 aromatic heterocycles. The van der Waals surface area contributed by atoms with Crippen molar-refractivity contribution < 1.29 is 21.7 Å². The Kier molecular flexibility index (Phi) is 8.73. The maximum Gasteiger partial charge on any atom is 0.323 e. The largest absolute Gasteiger partial charge is 1.00 e. The fourth-order valence-electron chi connectivity index (χ4n) is 8.98. The molecule has 0 saturated heterocycles. The zero-order chi connectivity index (χ0) is 23.1. The molecule has 0 amide bonds. The van der Waals surface area contributed by atoms with Crippen molar-refractivity contribution in [3.05, 3.63) is 11.6 Å². The van der Waals surface area contributed by atoms with Gasteiger partial charge in [0.15, 0.2) is 0 Å². The maximum atomic E-state index is 6.11. The molecule has 3 saturated carbocycles. The topological polar surface area (TPSA) is 12.2 Å². The van der Waals surface area contributed by atoms with E-state index in [1.807, 2.05) is 11.0 Å². The number of nitrogens with zero attached hydrogens (tertiary/aromatic N) is 1. The minimum atomic E-state index is 0. The van der Waals surface area contributed by atoms with Crippen molar-refractivity contribution in [2.45, 2.75) is 111 Å². The summed E-state index contributed by atoms with van der Waals surface area (Å²) in [7, 11) is 4.10. The third-order valence-electron chi connectivity index (χ3n) is 10.7. The summed E-state index contributed by atoms with van der Waals surface area (Å²) in [5.41, 5.74) is 2.77. The first kappa shape index (κ1) is 27.1. The molecule has 190 valence electrons. The second-order valence-corrected chi connectivity index (χ2v) is 13.4. The molecule has 2 nitrogen and oxygen atoms in total. The van der Waals surface area contributed by atoms with E-state index in [0.29, 0.717) is 16.9 Å². The summed E-state index contributed by atoms with van der Waals surface area (Å²) < 4.78 is 8.14. The molecular formula is C30H52ClNO. The normalized spacial score (nSPS) is 40.6. The lowest BCUT2D eigenvalue weighted by Gasteiger charge is -2.58. The summed E-state index contributed by atoms with van der Waals surface area (Å²) >= 11 is 0. The Morgan fingerprint density at radius 2 is 1.79 bits per heavy atom. The number of rotatable bonds is 7. The Balaban J connectivity index is 0.00000306. The fraction of sp³-hybridized carbons (Fsp3) is 0.900. The SMILES string of the molecule is CC(C)CCC[C@H](C)[C@H]1CC[C@H]2[C@@H]3CC=C4C[C@@H](OC=[N+](C)C)CC[C@]4(C)[C@H]3CC[C@]12C.[Cl-]. The van der Waals surface area contributed by atoms with Crippen LogP contribution in [0.25, 0.3) is 0 Å². The van der Waals surface area contributed by atoms with Crippen molar-refractivity contribution in [1.29, 1.82) is 0 Å². The van der Waals surface area contributed by atoms with E-state index in [-0.39, 0.29) is 12.4 Å². The molecule has 0 unspecified atom stereocenters. The van der Waals surface area contributed by atoms with Crippen LogP contribution in [-0.2, 0) is 4.74 Å². The monoisotopic (exact) mass is 477 g/mol. The third-order valence-corrected chi connectivity index (χ3v) is 10.7. The molecule has 4 rings (SSSR count). The van der Waals surface area contributed by atoms with Crippen LogP contribution in [0.4, 0.5) is 0 Å². The van der Waals surface area contributed by atoms with Gasteiger partial charge in [-0.15, -0.1) is 0 Å². The van der Waals surface area contributed by atoms with Gasteiger partial charge in [-0.25, -0.2) is 4.58 Å². The Bertz CT molecular complexity index is 725. The van der Waals surface area contributed by atoms with Crippen molar-refractivity contribution >= 4 is 6.40 Å². The van der Waals surface area contributed by atoms with E-state index in [1.165, 1.54) is 64.2 Å². The molecule has 0 radical (unpaired) electrons. The van der Waals surface area contributed by atoms with Crippen LogP contribution in [0.1, 0.15) is 105 Å². The molecular weight excluding hydrogens is 426 g/mol. The maximum absolute atomic E-state index is 6.11. The molecule has 3 heteroatoms. The van der Waals surface area contributed by atoms with E-state index in [1.54, 1.807) is 5.57 Å². The molecule has 3 fully saturated rings. The van der Waals surface area contributed by atoms with Crippen LogP contribution < -0.4 is 12.4 Å². The zero-order valence-electron chi connectivity index (χ0n) is 22.7. The summed E-state index contributed by atoms with van der Waals surface area (Å²) in [4.78, 5) is 0. The number of halogens is 1. The quantitative estimate of drug-likeness (QED) is 0.224. The van der Waals surface area contributed by atoms with Gasteiger partial charge in [0.2, 0.25) is 0 Å². The van der Waals surface area contributed by atoms with Gasteiger partial charge in [0.1, 0.15) is 20.2 Å². The Morgan fingerprint density at radius 1 is 1.03 bits per heavy atom. The fourth-order valence-corrected chi connectivity index (χ4v) is 8.98. The van der Waals surface area contributed by atoms with Gasteiger partial charge in [-0.3, -0.25) is 0 Å². The lowest BCUT2D eigenvalue weighted by Crippen LogP contribution is -3.00. The lowest BCUT2D eigenvalue weighted by atomic mass is 9.47. The van der Waals surface area contributed by atoms with E-state index in [4.69, 9.17) is 4.74 Å². The minimum absolute atomic E-state index is 0. The zero-order valence-corrected chi connectivity index (χ0v) is 23.5. The average molecular weight is 478 g/mol. The molecule has 0 heterocycles. The van der Waals surface area contributed by atoms with Crippen molar-refractivity contribution in [3.63, 3.8) is 0 Å². The van der Waals surface area contributed by atoms with Gasteiger partial charge in [-0.2, -0.15) is 0 Å². The Hall–Kier alpha value is -0.500. The Labute approximate surface area is 211 Å². The predicted octanol–water partition coefficient (Wildman–Crippen LogP) is 4.72. The van der Waals surface area contributed by atoms with Gasteiger partial charge in [0.25, 0.3) is 0 Å². The lowest BCUT2D eigenvalue weighted by molar-refractivity contribution is -0.469. The van der Waals surface area contributed by atoms with Crippen molar-refractivity contribution in [1.82, 2.24) is 0 Å². The van der Waals surface area contributed by atoms with E-state index in [0.717, 1.165) is 41.9 Å². The van der Waals surface area contributed by atoms with Crippen LogP contribution in [0.2, 0.25) is 0 Å². The number of hydrogen-bond donors (Lipinski definition) is 0. The van der Waals surface area contributed by atoms with Crippen LogP contribution in [0, 0.1) is 46.3 Å². The first-order chi connectivity index (χ1) is 15.1. The minimum Gasteiger partial charge on any atom is -1.00 e. The molecule has 33 heavy (non-hydrogen) atoms. The summed E-state index contributed by atoms with van der Waals surface area (Å²) in [6, 6.07) is 0. The molecule has 0 bridgehead atoms. The van der Waals surface area contributed by atoms with Crippen molar-refractivity contribution in [3.8, 4) is 0 Å². The van der Waals surface area contributed by atoms with E-state index in [2.05, 4.69) is 54.8 Å². The second-order valence-electron chi connectivity index (χ2n) is 13.4. The molecule has 0 aromatic rings. The highest BCUT2D eigenvalue weighted by molar-refractivity contribution is 5.40. The predicted molar refractivity (Wildman–Crippen MR) is 136 cm³/mol. The summed E-state index contributed by atoms with van der Waals surface area (Å²) in [5, 5.41) is 0. The number of fused-ring (bicyclic) bond motifs is 5. The van der Waals surface area contributed by atoms with E-state index < -0.39 is 0 Å². The van der Waals surface area contributed by atoms with Crippen LogP contribution in [0.5, 0.6) is 0 Å². The van der Waals surface area contributed by atoms with Crippen molar-refractivity contribution in [2.75, 3.05) is 14.1 Å². The van der Waals surface area contributed by atoms with Gasteiger partial charge in [0.05, 0.1) is 0 Å². The van der Waals surface area contributed by atoms with Gasteiger partial charge in [-0.1, -0.05) is 65.5 Å². The van der Waals surface area contributed by atoms with Crippen LogP contribution in [0.3, 0.4) is 0 Å². The highest BCUT2D eigenvalue weighted by Crippen LogP contribution is 2.67. The van der Waals surface area contributed by atoms with Crippen molar-refractivity contribution in [2.24, 2.45) is 46.3 Å². The van der Waals surface area contributed by atoms with Crippen LogP contribution >= 0.6 is 0 Å². The van der Waals surface area contributed by atoms with E-state index >= 15 is 0 Å². The molecule has 4 aliphatic rings. The van der Waals surface area contributed by atoms with Gasteiger partial charge < -0.3 is 17.1 Å². The summed E-state index contributed by atoms with van der Waals surface area (Å²) in [6.45, 7) is 12.7. The van der Waals surface area contributed by atoms with Gasteiger partial charge in [-0.05, 0) is 91.3 Å². The van der Waals surface area contributed by atoms with Crippen LogP contribution in [0.15, 0.2) is 11.6 Å². The molecule has 0 N–H and O–H groups in total. The highest BCUT2D eigenvalue weighted by atomic mass is 35.5. The van der Waals surface area contributed by atoms with E-state index in [9.17, 15) is 0 Å². The standard InChI is InChI=1S/C30H52NO.ClH/c1-21(2)9-8-10-22(3)26-13-14-27-25-12-11-23-19-24(32-20-31(6)7)15-17-29(23,4)28(25)16-18-30(26,27)5;/h11,20-22,24-28H,8-10,12-19H2,1-7H3;1H/q+1;/p-1/t22-,24-,25-,26+,27-,28-,29-,30+;/m0./s1. The number of hydrogen-bond acceptors (Lipinski definition) is 1. The smallest absolute Gasteiger partial charge is 0.323 e. The summed E-state index contributed by atoms with van der Waals surface area (Å²) in [6.07, 6.45) is 20.3. The number of ether oxygens (including phenoxy) is 1. The third kappa shape index (κ3) is 5.22. The molecule has 8 atom stereocenters.